The third-order valence-electron chi connectivity index (χ3n) is 4.17. The van der Waals surface area contributed by atoms with Crippen molar-refractivity contribution >= 4 is 44.1 Å². The Morgan fingerprint density at radius 3 is 1.52 bits per heavy atom. The maximum absolute atomic E-state index is 4.73. The number of halogens is 2. The molecule has 0 bridgehead atoms. The summed E-state index contributed by atoms with van der Waals surface area (Å²) in [6, 6.07) is 18.3. The van der Waals surface area contributed by atoms with Crippen molar-refractivity contribution < 1.29 is 12.9 Å². The van der Waals surface area contributed by atoms with Crippen LogP contribution in [0, 0.1) is 27.7 Å². The fourth-order valence-electron chi connectivity index (χ4n) is 2.78. The predicted molar refractivity (Wildman–Crippen MR) is 122 cm³/mol. The van der Waals surface area contributed by atoms with Crippen molar-refractivity contribution in [2.45, 2.75) is 27.7 Å². The summed E-state index contributed by atoms with van der Waals surface area (Å²) in [5.74, 6) is 0. The summed E-state index contributed by atoms with van der Waals surface area (Å²) in [4.78, 5) is 13.7. The summed E-state index contributed by atoms with van der Waals surface area (Å²) in [6.07, 6.45) is 3.60. The molecule has 0 saturated heterocycles. The number of hydrogen-bond acceptors (Lipinski definition) is 3. The third-order valence-corrected chi connectivity index (χ3v) is 4.17. The number of hydrogen-bond donors (Lipinski definition) is 0. The van der Waals surface area contributed by atoms with Crippen LogP contribution in [0.1, 0.15) is 33.6 Å². The van der Waals surface area contributed by atoms with Crippen molar-refractivity contribution in [1.29, 1.82) is 0 Å². The Bertz CT molecular complexity index is 940. The molecule has 0 radical (unpaired) electrons. The molecule has 1 heterocycles. The molecule has 0 unspecified atom stereocenters. The second-order valence-electron chi connectivity index (χ2n) is 6.63. The molecule has 3 aromatic rings. The van der Waals surface area contributed by atoms with Crippen LogP contribution in [-0.2, 0) is 12.9 Å². The van der Waals surface area contributed by atoms with E-state index >= 15 is 0 Å². The number of aromatic nitrogens is 1. The van der Waals surface area contributed by atoms with Crippen LogP contribution < -0.4 is 0 Å². The van der Waals surface area contributed by atoms with Gasteiger partial charge in [-0.1, -0.05) is 41.5 Å². The van der Waals surface area contributed by atoms with Gasteiger partial charge < -0.3 is 0 Å². The Morgan fingerprint density at radius 1 is 0.724 bits per heavy atom. The first-order valence-electron chi connectivity index (χ1n) is 8.96. The first kappa shape index (κ1) is 23.3. The summed E-state index contributed by atoms with van der Waals surface area (Å²) < 4.78 is 0. The van der Waals surface area contributed by atoms with Gasteiger partial charge in [-0.25, -0.2) is 4.98 Å². The molecule has 6 heteroatoms. The maximum atomic E-state index is 4.73. The Hall–Kier alpha value is -1.98. The Labute approximate surface area is 187 Å². The number of pyridine rings is 1. The molecule has 3 nitrogen and oxygen atoms in total. The Balaban J connectivity index is 0.000000941. The monoisotopic (exact) mass is 470 g/mol. The average Bonchev–Trinajstić information content (AvgIpc) is 2.68. The molecule has 0 spiro atoms. The van der Waals surface area contributed by atoms with Crippen LogP contribution in [-0.4, -0.2) is 17.4 Å². The molecule has 3 rings (SSSR count). The number of aryl methyl sites for hydroxylation is 4. The minimum absolute atomic E-state index is 0.382. The average molecular weight is 471 g/mol. The van der Waals surface area contributed by atoms with Gasteiger partial charge in [-0.15, -0.1) is 0 Å². The van der Waals surface area contributed by atoms with E-state index in [1.165, 1.54) is 11.1 Å². The molecule has 0 aliphatic carbocycles. The standard InChI is InChI=1S/C23H23N3.2ClH.Co/c1-16-8-10-22(18(3)12-16)24-14-20-6-5-7-21(26-20)15-25-23-11-9-17(2)13-19(23)4;;;/h5-15H,1-4H3;2*1H;/q;;;+2/p-2. The summed E-state index contributed by atoms with van der Waals surface area (Å²) in [5, 5.41) is 0. The number of rotatable bonds is 4. The molecule has 0 N–H and O–H groups in total. The molecule has 0 atom stereocenters. The van der Waals surface area contributed by atoms with Gasteiger partial charge in [0.1, 0.15) is 0 Å². The van der Waals surface area contributed by atoms with Crippen LogP contribution in [0.3, 0.4) is 0 Å². The fourth-order valence-corrected chi connectivity index (χ4v) is 2.78. The van der Waals surface area contributed by atoms with Crippen LogP contribution in [0.15, 0.2) is 64.6 Å². The van der Waals surface area contributed by atoms with Gasteiger partial charge in [-0.2, -0.15) is 0 Å². The number of nitrogens with zero attached hydrogens (tertiary/aromatic N) is 3. The van der Waals surface area contributed by atoms with Crippen molar-refractivity contribution in [2.75, 3.05) is 0 Å². The van der Waals surface area contributed by atoms with Gasteiger partial charge in [0.2, 0.25) is 0 Å². The van der Waals surface area contributed by atoms with E-state index in [9.17, 15) is 0 Å². The third kappa shape index (κ3) is 7.75. The Morgan fingerprint density at radius 2 is 1.14 bits per heavy atom. The van der Waals surface area contributed by atoms with Crippen molar-refractivity contribution in [3.8, 4) is 0 Å². The molecule has 1 aromatic heterocycles. The quantitative estimate of drug-likeness (QED) is 0.371. The Kier molecular flexibility index (Phi) is 9.55. The number of benzene rings is 2. The summed E-state index contributed by atoms with van der Waals surface area (Å²) in [6.45, 7) is 8.31. The molecule has 0 fully saturated rings. The summed E-state index contributed by atoms with van der Waals surface area (Å²) >= 11 is 0.382. The van der Waals surface area contributed by atoms with Gasteiger partial charge in [-0.05, 0) is 63.1 Å². The predicted octanol–water partition coefficient (Wildman–Crippen LogP) is 7.19. The van der Waals surface area contributed by atoms with E-state index in [4.69, 9.17) is 20.3 Å². The minimum atomic E-state index is 0.382. The molecule has 29 heavy (non-hydrogen) atoms. The molecule has 0 saturated carbocycles. The molecule has 2 aromatic carbocycles. The fraction of sp³-hybridized carbons (Fsp3) is 0.174. The second kappa shape index (κ2) is 11.9. The van der Waals surface area contributed by atoms with E-state index in [0.717, 1.165) is 33.9 Å². The van der Waals surface area contributed by atoms with Crippen molar-refractivity contribution in [3.05, 3.63) is 88.2 Å². The SMILES string of the molecule is Cc1ccc(N=Cc2cccc(C=Nc3ccc(C)cc3C)n2)c(C)c1.[Cl][Co][Cl]. The molecular weight excluding hydrogens is 448 g/mol. The zero-order valence-corrected chi connectivity index (χ0v) is 19.3. The summed E-state index contributed by atoms with van der Waals surface area (Å²) in [7, 11) is 9.47. The van der Waals surface area contributed by atoms with Crippen LogP contribution in [0.25, 0.3) is 0 Å². The van der Waals surface area contributed by atoms with Crippen molar-refractivity contribution in [1.82, 2.24) is 4.98 Å². The van der Waals surface area contributed by atoms with Crippen LogP contribution in [0.4, 0.5) is 11.4 Å². The van der Waals surface area contributed by atoms with E-state index in [1.54, 1.807) is 12.4 Å². The van der Waals surface area contributed by atoms with Gasteiger partial charge >= 0.3 is 33.2 Å². The number of aliphatic imine (C=N–C) groups is 2. The molecule has 0 aliphatic heterocycles. The van der Waals surface area contributed by atoms with Crippen molar-refractivity contribution in [3.63, 3.8) is 0 Å². The molecule has 0 aliphatic rings. The first-order chi connectivity index (χ1) is 13.9. The normalized spacial score (nSPS) is 11.1. The van der Waals surface area contributed by atoms with Gasteiger partial charge in [0.25, 0.3) is 0 Å². The van der Waals surface area contributed by atoms with E-state index in [2.05, 4.69) is 66.9 Å². The van der Waals surface area contributed by atoms with Crippen LogP contribution in [0.5, 0.6) is 0 Å². The zero-order valence-electron chi connectivity index (χ0n) is 16.8. The molecular formula is C23H23Cl2CoN3. The second-order valence-corrected chi connectivity index (χ2v) is 8.35. The first-order valence-corrected chi connectivity index (χ1v) is 11.8. The van der Waals surface area contributed by atoms with E-state index in [1.807, 2.05) is 30.3 Å². The van der Waals surface area contributed by atoms with Gasteiger partial charge in [-0.3, -0.25) is 9.98 Å². The van der Waals surface area contributed by atoms with Gasteiger partial charge in [0.05, 0.1) is 35.2 Å². The van der Waals surface area contributed by atoms with Gasteiger partial charge in [0.15, 0.2) is 0 Å². The zero-order chi connectivity index (χ0) is 21.2. The van der Waals surface area contributed by atoms with Gasteiger partial charge in [0, 0.05) is 0 Å². The summed E-state index contributed by atoms with van der Waals surface area (Å²) in [5.41, 5.74) is 8.36. The molecule has 0 amide bonds. The van der Waals surface area contributed by atoms with Crippen LogP contribution in [0.2, 0.25) is 0 Å². The molecule has 153 valence electrons. The van der Waals surface area contributed by atoms with E-state index in [-0.39, 0.29) is 0 Å². The topological polar surface area (TPSA) is 37.6 Å². The van der Waals surface area contributed by atoms with E-state index in [0.29, 0.717) is 12.9 Å². The van der Waals surface area contributed by atoms with E-state index < -0.39 is 0 Å². The van der Waals surface area contributed by atoms with Crippen LogP contribution >= 0.6 is 20.3 Å². The van der Waals surface area contributed by atoms with Crippen molar-refractivity contribution in [2.24, 2.45) is 9.98 Å².